The zero-order chi connectivity index (χ0) is 19.9. The highest BCUT2D eigenvalue weighted by atomic mass is 16.6. The van der Waals surface area contributed by atoms with Gasteiger partial charge in [-0.1, -0.05) is 42.5 Å². The normalized spacial score (nSPS) is 15.2. The predicted octanol–water partition coefficient (Wildman–Crippen LogP) is 4.17. The van der Waals surface area contributed by atoms with Crippen LogP contribution >= 0.6 is 0 Å². The molecule has 0 spiro atoms. The molecular formula is C21H16N2O5. The van der Waals surface area contributed by atoms with Crippen LogP contribution in [-0.4, -0.2) is 23.9 Å². The average Bonchev–Trinajstić information content (AvgIpc) is 3.06. The van der Waals surface area contributed by atoms with Crippen molar-refractivity contribution in [1.82, 2.24) is 0 Å². The predicted molar refractivity (Wildman–Crippen MR) is 106 cm³/mol. The number of allylic oxidation sites excluding steroid dienone is 2. The molecule has 2 aromatic carbocycles. The standard InChI is InChI=1S/C21H16N2O5/c1-27-19-11-3-2-7-16(19)8-5-10-18-21(24)28-20(22-18)13-12-15-6-4-9-17(14-15)23(25)26/h2-14H,1H3. The Kier molecular flexibility index (Phi) is 5.76. The van der Waals surface area contributed by atoms with Crippen molar-refractivity contribution < 1.29 is 19.2 Å². The summed E-state index contributed by atoms with van der Waals surface area (Å²) in [7, 11) is 1.59. The zero-order valence-electron chi connectivity index (χ0n) is 14.9. The molecule has 0 bridgehead atoms. The molecule has 0 saturated carbocycles. The molecule has 0 saturated heterocycles. The molecule has 0 aromatic heterocycles. The lowest BCUT2D eigenvalue weighted by Gasteiger charge is -2.02. The summed E-state index contributed by atoms with van der Waals surface area (Å²) in [5.41, 5.74) is 1.60. The fraction of sp³-hybridized carbons (Fsp3) is 0.0476. The van der Waals surface area contributed by atoms with E-state index in [1.165, 1.54) is 18.2 Å². The summed E-state index contributed by atoms with van der Waals surface area (Å²) < 4.78 is 10.3. The van der Waals surface area contributed by atoms with E-state index in [9.17, 15) is 14.9 Å². The Hall–Kier alpha value is -4.00. The van der Waals surface area contributed by atoms with Gasteiger partial charge < -0.3 is 9.47 Å². The Labute approximate surface area is 161 Å². The Balaban J connectivity index is 1.73. The van der Waals surface area contributed by atoms with Crippen molar-refractivity contribution in [3.63, 3.8) is 0 Å². The number of hydrogen-bond acceptors (Lipinski definition) is 6. The number of nitro benzene ring substituents is 1. The fourth-order valence-corrected chi connectivity index (χ4v) is 2.47. The minimum absolute atomic E-state index is 0.0189. The SMILES string of the molecule is COc1ccccc1C=CC=C1N=C(C=Cc2cccc([N+](=O)[O-])c2)OC1=O. The Bertz CT molecular complexity index is 1030. The van der Waals surface area contributed by atoms with Crippen molar-refractivity contribution in [2.75, 3.05) is 7.11 Å². The lowest BCUT2D eigenvalue weighted by atomic mass is 10.2. The molecule has 2 aromatic rings. The molecule has 0 fully saturated rings. The van der Waals surface area contributed by atoms with Gasteiger partial charge in [0, 0.05) is 23.8 Å². The van der Waals surface area contributed by atoms with Crippen molar-refractivity contribution >= 4 is 29.7 Å². The van der Waals surface area contributed by atoms with Gasteiger partial charge >= 0.3 is 5.97 Å². The summed E-state index contributed by atoms with van der Waals surface area (Å²) in [5, 5.41) is 10.8. The Morgan fingerprint density at radius 1 is 1.11 bits per heavy atom. The van der Waals surface area contributed by atoms with Crippen molar-refractivity contribution in [3.8, 4) is 5.75 Å². The van der Waals surface area contributed by atoms with Crippen LogP contribution in [0.4, 0.5) is 5.69 Å². The maximum absolute atomic E-state index is 11.9. The molecule has 3 rings (SSSR count). The van der Waals surface area contributed by atoms with Crippen LogP contribution in [0.3, 0.4) is 0 Å². The van der Waals surface area contributed by atoms with E-state index in [4.69, 9.17) is 9.47 Å². The van der Waals surface area contributed by atoms with Crippen LogP contribution in [0.5, 0.6) is 5.75 Å². The molecule has 140 valence electrons. The highest BCUT2D eigenvalue weighted by Crippen LogP contribution is 2.20. The van der Waals surface area contributed by atoms with Gasteiger partial charge in [-0.2, -0.15) is 0 Å². The number of hydrogen-bond donors (Lipinski definition) is 0. The Morgan fingerprint density at radius 3 is 2.71 bits per heavy atom. The number of carbonyl (C=O) groups is 1. The molecule has 0 aliphatic carbocycles. The molecule has 0 amide bonds. The monoisotopic (exact) mass is 376 g/mol. The van der Waals surface area contributed by atoms with Gasteiger partial charge in [0.1, 0.15) is 5.75 Å². The fourth-order valence-electron chi connectivity index (χ4n) is 2.47. The number of carbonyl (C=O) groups excluding carboxylic acids is 1. The summed E-state index contributed by atoms with van der Waals surface area (Å²) in [5.74, 6) is 0.270. The number of nitro groups is 1. The minimum atomic E-state index is -0.566. The summed E-state index contributed by atoms with van der Waals surface area (Å²) >= 11 is 0. The number of rotatable bonds is 6. The van der Waals surface area contributed by atoms with E-state index < -0.39 is 10.9 Å². The van der Waals surface area contributed by atoms with Gasteiger partial charge in [-0.15, -0.1) is 0 Å². The van der Waals surface area contributed by atoms with Crippen LogP contribution in [0.2, 0.25) is 0 Å². The van der Waals surface area contributed by atoms with Crippen LogP contribution in [0.25, 0.3) is 12.2 Å². The summed E-state index contributed by atoms with van der Waals surface area (Å²) in [4.78, 5) is 26.4. The van der Waals surface area contributed by atoms with Gasteiger partial charge in [0.25, 0.3) is 5.69 Å². The average molecular weight is 376 g/mol. The van der Waals surface area contributed by atoms with Crippen molar-refractivity contribution in [2.45, 2.75) is 0 Å². The van der Waals surface area contributed by atoms with Gasteiger partial charge in [-0.3, -0.25) is 10.1 Å². The van der Waals surface area contributed by atoms with E-state index in [1.54, 1.807) is 43.5 Å². The van der Waals surface area contributed by atoms with Crippen molar-refractivity contribution in [3.05, 3.63) is 93.7 Å². The highest BCUT2D eigenvalue weighted by Gasteiger charge is 2.20. The number of methoxy groups -OCH3 is 1. The molecule has 0 radical (unpaired) electrons. The largest absolute Gasteiger partial charge is 0.496 e. The van der Waals surface area contributed by atoms with E-state index in [0.717, 1.165) is 11.3 Å². The van der Waals surface area contributed by atoms with Crippen LogP contribution < -0.4 is 4.74 Å². The minimum Gasteiger partial charge on any atom is -0.496 e. The van der Waals surface area contributed by atoms with Crippen molar-refractivity contribution in [1.29, 1.82) is 0 Å². The summed E-state index contributed by atoms with van der Waals surface area (Å²) in [6.45, 7) is 0. The lowest BCUT2D eigenvalue weighted by molar-refractivity contribution is -0.384. The van der Waals surface area contributed by atoms with Gasteiger partial charge in [0.05, 0.1) is 12.0 Å². The first-order valence-electron chi connectivity index (χ1n) is 8.31. The van der Waals surface area contributed by atoms with E-state index in [2.05, 4.69) is 4.99 Å². The quantitative estimate of drug-likeness (QED) is 0.327. The van der Waals surface area contributed by atoms with Crippen molar-refractivity contribution in [2.24, 2.45) is 4.99 Å². The molecular weight excluding hydrogens is 360 g/mol. The number of ether oxygens (including phenoxy) is 2. The molecule has 0 atom stereocenters. The topological polar surface area (TPSA) is 91.0 Å². The number of non-ortho nitro benzene ring substituents is 1. The van der Waals surface area contributed by atoms with Crippen LogP contribution in [0.1, 0.15) is 11.1 Å². The van der Waals surface area contributed by atoms with E-state index >= 15 is 0 Å². The first-order chi connectivity index (χ1) is 13.6. The number of benzene rings is 2. The molecule has 7 heteroatoms. The molecule has 1 aliphatic rings. The van der Waals surface area contributed by atoms with Crippen LogP contribution in [-0.2, 0) is 9.53 Å². The lowest BCUT2D eigenvalue weighted by Crippen LogP contribution is -2.01. The third-order valence-corrected chi connectivity index (χ3v) is 3.81. The van der Waals surface area contributed by atoms with E-state index in [1.807, 2.05) is 24.3 Å². The van der Waals surface area contributed by atoms with Gasteiger partial charge in [-0.05, 0) is 23.8 Å². The number of esters is 1. The first-order valence-corrected chi connectivity index (χ1v) is 8.31. The zero-order valence-corrected chi connectivity index (χ0v) is 14.9. The molecule has 1 heterocycles. The molecule has 28 heavy (non-hydrogen) atoms. The van der Waals surface area contributed by atoms with Gasteiger partial charge in [-0.25, -0.2) is 9.79 Å². The van der Waals surface area contributed by atoms with Crippen LogP contribution in [0, 0.1) is 10.1 Å². The summed E-state index contributed by atoms with van der Waals surface area (Å²) in [6, 6.07) is 13.6. The third-order valence-electron chi connectivity index (χ3n) is 3.81. The van der Waals surface area contributed by atoms with E-state index in [-0.39, 0.29) is 17.3 Å². The van der Waals surface area contributed by atoms with Gasteiger partial charge in [0.2, 0.25) is 5.90 Å². The second-order valence-electron chi connectivity index (χ2n) is 5.68. The van der Waals surface area contributed by atoms with E-state index in [0.29, 0.717) is 5.56 Å². The second-order valence-corrected chi connectivity index (χ2v) is 5.68. The molecule has 1 aliphatic heterocycles. The highest BCUT2D eigenvalue weighted by molar-refractivity contribution is 6.09. The molecule has 0 unspecified atom stereocenters. The molecule has 7 nitrogen and oxygen atoms in total. The van der Waals surface area contributed by atoms with Gasteiger partial charge in [0.15, 0.2) is 5.70 Å². The van der Waals surface area contributed by atoms with Crippen LogP contribution in [0.15, 0.2) is 77.4 Å². The maximum atomic E-state index is 11.9. The maximum Gasteiger partial charge on any atom is 0.363 e. The molecule has 0 N–H and O–H groups in total. The summed E-state index contributed by atoms with van der Waals surface area (Å²) in [6.07, 6.45) is 8.11. The number of nitrogens with zero attached hydrogens (tertiary/aromatic N) is 2. The first kappa shape index (κ1) is 18.8. The number of aliphatic imine (C=N–C) groups is 1. The Morgan fingerprint density at radius 2 is 1.93 bits per heavy atom. The second kappa shape index (κ2) is 8.59. The smallest absolute Gasteiger partial charge is 0.363 e. The third kappa shape index (κ3) is 4.59. The number of cyclic esters (lactones) is 1. The number of para-hydroxylation sites is 1.